The van der Waals surface area contributed by atoms with Gasteiger partial charge in [0, 0.05) is 6.04 Å². The van der Waals surface area contributed by atoms with Crippen molar-refractivity contribution in [3.05, 3.63) is 59.7 Å². The number of rotatable bonds is 3. The van der Waals surface area contributed by atoms with Crippen molar-refractivity contribution in [2.24, 2.45) is 5.73 Å². The van der Waals surface area contributed by atoms with Gasteiger partial charge in [0.05, 0.1) is 12.7 Å². The zero-order chi connectivity index (χ0) is 13.8. The fourth-order valence-corrected chi connectivity index (χ4v) is 1.92. The van der Waals surface area contributed by atoms with E-state index in [2.05, 4.69) is 10.8 Å². The molecule has 0 spiro atoms. The summed E-state index contributed by atoms with van der Waals surface area (Å²) in [4.78, 5) is 11.4. The number of hydrogen-bond donors (Lipinski definition) is 1. The van der Waals surface area contributed by atoms with E-state index in [4.69, 9.17) is 5.73 Å². The van der Waals surface area contributed by atoms with Gasteiger partial charge < -0.3 is 10.5 Å². The SMILES string of the molecule is COC(=O)c1ccc(-c2cccc([C@H](C)N)c2)cc1.Cl. The van der Waals surface area contributed by atoms with Crippen LogP contribution in [-0.2, 0) is 4.74 Å². The smallest absolute Gasteiger partial charge is 0.337 e. The lowest BCUT2D eigenvalue weighted by Crippen LogP contribution is -2.04. The minimum atomic E-state index is -0.323. The highest BCUT2D eigenvalue weighted by Gasteiger charge is 2.06. The molecule has 2 N–H and O–H groups in total. The lowest BCUT2D eigenvalue weighted by molar-refractivity contribution is 0.0601. The molecule has 0 aliphatic heterocycles. The third-order valence-corrected chi connectivity index (χ3v) is 3.05. The Kier molecular flexibility index (Phi) is 5.74. The Bertz CT molecular complexity index is 579. The molecular weight excluding hydrogens is 274 g/mol. The van der Waals surface area contributed by atoms with Crippen LogP contribution in [0.4, 0.5) is 0 Å². The van der Waals surface area contributed by atoms with Gasteiger partial charge in [-0.1, -0.05) is 30.3 Å². The van der Waals surface area contributed by atoms with E-state index >= 15 is 0 Å². The van der Waals surface area contributed by atoms with E-state index in [-0.39, 0.29) is 24.4 Å². The number of carbonyl (C=O) groups is 1. The Hall–Kier alpha value is -1.84. The molecule has 0 aliphatic carbocycles. The molecule has 3 nitrogen and oxygen atoms in total. The minimum absolute atomic E-state index is 0. The van der Waals surface area contributed by atoms with Crippen molar-refractivity contribution >= 4 is 18.4 Å². The summed E-state index contributed by atoms with van der Waals surface area (Å²) in [6.07, 6.45) is 0. The highest BCUT2D eigenvalue weighted by Crippen LogP contribution is 2.23. The number of carbonyl (C=O) groups excluding carboxylic acids is 1. The number of halogens is 1. The highest BCUT2D eigenvalue weighted by atomic mass is 35.5. The second kappa shape index (κ2) is 7.08. The lowest BCUT2D eigenvalue weighted by Gasteiger charge is -2.09. The summed E-state index contributed by atoms with van der Waals surface area (Å²) in [5, 5.41) is 0. The van der Waals surface area contributed by atoms with Gasteiger partial charge in [0.1, 0.15) is 0 Å². The summed E-state index contributed by atoms with van der Waals surface area (Å²) in [5.41, 5.74) is 9.66. The quantitative estimate of drug-likeness (QED) is 0.879. The van der Waals surface area contributed by atoms with Crippen LogP contribution in [0.2, 0.25) is 0 Å². The summed E-state index contributed by atoms with van der Waals surface area (Å²) in [7, 11) is 1.38. The highest BCUT2D eigenvalue weighted by molar-refractivity contribution is 5.90. The number of ether oxygens (including phenoxy) is 1. The van der Waals surface area contributed by atoms with Gasteiger partial charge in [-0.05, 0) is 41.8 Å². The van der Waals surface area contributed by atoms with E-state index in [1.165, 1.54) is 7.11 Å². The maximum absolute atomic E-state index is 11.4. The molecule has 0 fully saturated rings. The summed E-state index contributed by atoms with van der Waals surface area (Å²) in [6, 6.07) is 15.4. The molecule has 0 amide bonds. The molecule has 0 aromatic heterocycles. The lowest BCUT2D eigenvalue weighted by atomic mass is 9.99. The Morgan fingerprint density at radius 3 is 2.30 bits per heavy atom. The van der Waals surface area contributed by atoms with Crippen molar-refractivity contribution < 1.29 is 9.53 Å². The Balaban J connectivity index is 0.00000200. The first-order valence-corrected chi connectivity index (χ1v) is 6.16. The summed E-state index contributed by atoms with van der Waals surface area (Å²) in [5.74, 6) is -0.323. The molecule has 0 heterocycles. The standard InChI is InChI=1S/C16H17NO2.ClH/c1-11(17)14-4-3-5-15(10-14)12-6-8-13(9-7-12)16(18)19-2;/h3-11H,17H2,1-2H3;1H/t11-;/m0./s1. The molecule has 2 rings (SSSR count). The zero-order valence-electron chi connectivity index (χ0n) is 11.5. The summed E-state index contributed by atoms with van der Waals surface area (Å²) in [6.45, 7) is 1.96. The van der Waals surface area contributed by atoms with Gasteiger partial charge in [0.2, 0.25) is 0 Å². The second-order valence-electron chi connectivity index (χ2n) is 4.48. The summed E-state index contributed by atoms with van der Waals surface area (Å²) >= 11 is 0. The average molecular weight is 292 g/mol. The van der Waals surface area contributed by atoms with Gasteiger partial charge in [-0.2, -0.15) is 0 Å². The fourth-order valence-electron chi connectivity index (χ4n) is 1.92. The average Bonchev–Trinajstić information content (AvgIpc) is 2.46. The molecular formula is C16H18ClNO2. The fraction of sp³-hybridized carbons (Fsp3) is 0.188. The number of methoxy groups -OCH3 is 1. The predicted octanol–water partition coefficient (Wildman–Crippen LogP) is 3.58. The zero-order valence-corrected chi connectivity index (χ0v) is 12.3. The van der Waals surface area contributed by atoms with Gasteiger partial charge in [0.15, 0.2) is 0 Å². The van der Waals surface area contributed by atoms with Crippen LogP contribution in [-0.4, -0.2) is 13.1 Å². The normalized spacial score (nSPS) is 11.3. The maximum Gasteiger partial charge on any atom is 0.337 e. The second-order valence-corrected chi connectivity index (χ2v) is 4.48. The molecule has 1 atom stereocenters. The van der Waals surface area contributed by atoms with Crippen LogP contribution < -0.4 is 5.73 Å². The molecule has 4 heteroatoms. The van der Waals surface area contributed by atoms with Gasteiger partial charge in [-0.3, -0.25) is 0 Å². The van der Waals surface area contributed by atoms with E-state index in [0.717, 1.165) is 16.7 Å². The first-order valence-electron chi connectivity index (χ1n) is 6.16. The van der Waals surface area contributed by atoms with E-state index in [1.54, 1.807) is 12.1 Å². The molecule has 2 aromatic carbocycles. The van der Waals surface area contributed by atoms with Crippen molar-refractivity contribution in [3.8, 4) is 11.1 Å². The maximum atomic E-state index is 11.4. The van der Waals surface area contributed by atoms with E-state index in [0.29, 0.717) is 5.56 Å². The van der Waals surface area contributed by atoms with Crippen LogP contribution in [0, 0.1) is 0 Å². The van der Waals surface area contributed by atoms with Crippen LogP contribution in [0.15, 0.2) is 48.5 Å². The molecule has 0 aliphatic rings. The molecule has 0 unspecified atom stereocenters. The van der Waals surface area contributed by atoms with Crippen molar-refractivity contribution in [2.45, 2.75) is 13.0 Å². The number of esters is 1. The number of hydrogen-bond acceptors (Lipinski definition) is 3. The Morgan fingerprint density at radius 2 is 1.75 bits per heavy atom. The predicted molar refractivity (Wildman–Crippen MR) is 83.1 cm³/mol. The summed E-state index contributed by atoms with van der Waals surface area (Å²) < 4.78 is 4.68. The van der Waals surface area contributed by atoms with Crippen LogP contribution in [0.25, 0.3) is 11.1 Å². The Morgan fingerprint density at radius 1 is 1.10 bits per heavy atom. The first-order chi connectivity index (χ1) is 9.11. The van der Waals surface area contributed by atoms with Crippen molar-refractivity contribution in [1.29, 1.82) is 0 Å². The Labute approximate surface area is 125 Å². The van der Waals surface area contributed by atoms with Crippen LogP contribution in [0.5, 0.6) is 0 Å². The number of benzene rings is 2. The monoisotopic (exact) mass is 291 g/mol. The largest absolute Gasteiger partial charge is 0.465 e. The van der Waals surface area contributed by atoms with Crippen molar-refractivity contribution in [3.63, 3.8) is 0 Å². The molecule has 0 bridgehead atoms. The molecule has 20 heavy (non-hydrogen) atoms. The van der Waals surface area contributed by atoms with Crippen LogP contribution in [0.1, 0.15) is 28.9 Å². The molecule has 0 saturated heterocycles. The van der Waals surface area contributed by atoms with E-state index in [1.807, 2.05) is 37.3 Å². The molecule has 2 aromatic rings. The van der Waals surface area contributed by atoms with E-state index < -0.39 is 0 Å². The van der Waals surface area contributed by atoms with Gasteiger partial charge >= 0.3 is 5.97 Å². The van der Waals surface area contributed by atoms with Crippen LogP contribution >= 0.6 is 12.4 Å². The minimum Gasteiger partial charge on any atom is -0.465 e. The van der Waals surface area contributed by atoms with Crippen molar-refractivity contribution in [1.82, 2.24) is 0 Å². The number of nitrogens with two attached hydrogens (primary N) is 1. The first kappa shape index (κ1) is 16.2. The van der Waals surface area contributed by atoms with Gasteiger partial charge in [0.25, 0.3) is 0 Å². The molecule has 106 valence electrons. The topological polar surface area (TPSA) is 52.3 Å². The molecule has 0 radical (unpaired) electrons. The third-order valence-electron chi connectivity index (χ3n) is 3.05. The van der Waals surface area contributed by atoms with Crippen LogP contribution in [0.3, 0.4) is 0 Å². The van der Waals surface area contributed by atoms with Gasteiger partial charge in [-0.15, -0.1) is 12.4 Å². The third kappa shape index (κ3) is 3.59. The van der Waals surface area contributed by atoms with Gasteiger partial charge in [-0.25, -0.2) is 4.79 Å². The molecule has 0 saturated carbocycles. The van der Waals surface area contributed by atoms with E-state index in [9.17, 15) is 4.79 Å². The van der Waals surface area contributed by atoms with Crippen molar-refractivity contribution in [2.75, 3.05) is 7.11 Å².